The molecule has 0 rings (SSSR count). The van der Waals surface area contributed by atoms with Gasteiger partial charge in [-0.05, 0) is 38.5 Å². The smallest absolute Gasteiger partial charge is 0.457 e. The van der Waals surface area contributed by atoms with E-state index in [1.54, 1.807) is 0 Å². The van der Waals surface area contributed by atoms with Crippen molar-refractivity contribution in [2.75, 3.05) is 54.1 Å². The topological polar surface area (TPSA) is 91.3 Å². The molecule has 0 amide bonds. The summed E-state index contributed by atoms with van der Waals surface area (Å²) in [6, 6.07) is 0. The number of phosphoric ester groups is 1. The number of allylic oxidation sites excluding steroid dienone is 2. The van der Waals surface area contributed by atoms with E-state index >= 15 is 0 Å². The van der Waals surface area contributed by atoms with E-state index < -0.39 is 13.9 Å². The van der Waals surface area contributed by atoms with Gasteiger partial charge in [0, 0.05) is 13.0 Å². The first kappa shape index (κ1) is 53.2. The third-order valence-electron chi connectivity index (χ3n) is 10.1. The van der Waals surface area contributed by atoms with Crippen molar-refractivity contribution in [3.8, 4) is 0 Å². The van der Waals surface area contributed by atoms with Gasteiger partial charge < -0.3 is 18.9 Å². The monoisotopic (exact) mass is 789 g/mol. The largest absolute Gasteiger partial charge is 0.472 e. The minimum absolute atomic E-state index is 0.0907. The highest BCUT2D eigenvalue weighted by molar-refractivity contribution is 7.47. The Morgan fingerprint density at radius 1 is 0.556 bits per heavy atom. The number of carbonyl (C=O) groups excluding carboxylic acids is 1. The molecule has 54 heavy (non-hydrogen) atoms. The van der Waals surface area contributed by atoms with Crippen molar-refractivity contribution in [1.29, 1.82) is 0 Å². The third-order valence-corrected chi connectivity index (χ3v) is 11.1. The lowest BCUT2D eigenvalue weighted by Crippen LogP contribution is -2.37. The Kier molecular flexibility index (Phi) is 38.5. The zero-order chi connectivity index (χ0) is 39.9. The van der Waals surface area contributed by atoms with E-state index in [0.29, 0.717) is 24.1 Å². The number of phosphoric acid groups is 1. The van der Waals surface area contributed by atoms with E-state index in [1.807, 2.05) is 21.1 Å². The summed E-state index contributed by atoms with van der Waals surface area (Å²) in [7, 11) is 1.68. The molecule has 0 fully saturated rings. The minimum Gasteiger partial charge on any atom is -0.457 e. The number of esters is 1. The molecule has 0 bridgehead atoms. The SMILES string of the molecule is CCCCCCC/C=C\CCCCCCCCOCC(COP(=O)(O)OCC[N+](C)(C)C)OC(=O)CCCCCCCCCCCCCCCCCCC. The normalized spacial score (nSPS) is 13.8. The molecule has 0 radical (unpaired) electrons. The molecule has 2 atom stereocenters. The fourth-order valence-electron chi connectivity index (χ4n) is 6.49. The van der Waals surface area contributed by atoms with Crippen LogP contribution in [0.2, 0.25) is 0 Å². The van der Waals surface area contributed by atoms with E-state index in [1.165, 1.54) is 161 Å². The number of hydrogen-bond donors (Lipinski definition) is 1. The molecular weight excluding hydrogens is 697 g/mol. The van der Waals surface area contributed by atoms with E-state index in [0.717, 1.165) is 32.1 Å². The summed E-state index contributed by atoms with van der Waals surface area (Å²) in [4.78, 5) is 22.9. The molecule has 2 unspecified atom stereocenters. The van der Waals surface area contributed by atoms with Crippen LogP contribution in [-0.4, -0.2) is 75.6 Å². The van der Waals surface area contributed by atoms with Crippen molar-refractivity contribution in [3.63, 3.8) is 0 Å². The fraction of sp³-hybridized carbons (Fsp3) is 0.933. The molecule has 0 aromatic rings. The molecule has 0 saturated carbocycles. The first-order chi connectivity index (χ1) is 26.1. The molecule has 9 heteroatoms. The molecule has 8 nitrogen and oxygen atoms in total. The standard InChI is InChI=1S/C45H90NO7P/c1-6-8-10-12-14-16-18-20-22-23-24-26-28-30-32-34-36-38-45(47)53-44(43-52-54(48,49)51-41-39-46(3,4)5)42-50-40-37-35-33-31-29-27-25-21-19-17-15-13-11-9-7-2/h19,21,44H,6-18,20,22-43H2,1-5H3/p+1/b21-19-. The van der Waals surface area contributed by atoms with Gasteiger partial charge in [0.1, 0.15) is 19.3 Å². The maximum Gasteiger partial charge on any atom is 0.472 e. The van der Waals surface area contributed by atoms with Crippen LogP contribution in [0.3, 0.4) is 0 Å². The van der Waals surface area contributed by atoms with Crippen LogP contribution < -0.4 is 0 Å². The molecular formula is C45H91NO7P+. The lowest BCUT2D eigenvalue weighted by atomic mass is 10.0. The van der Waals surface area contributed by atoms with Crippen molar-refractivity contribution < 1.29 is 37.3 Å². The van der Waals surface area contributed by atoms with Gasteiger partial charge in [-0.15, -0.1) is 0 Å². The predicted molar refractivity (Wildman–Crippen MR) is 229 cm³/mol. The van der Waals surface area contributed by atoms with Crippen LogP contribution in [0.4, 0.5) is 0 Å². The van der Waals surface area contributed by atoms with Crippen LogP contribution in [0, 0.1) is 0 Å². The second kappa shape index (κ2) is 39.1. The Bertz CT molecular complexity index is 879. The van der Waals surface area contributed by atoms with Crippen LogP contribution in [0.5, 0.6) is 0 Å². The first-order valence-electron chi connectivity index (χ1n) is 22.9. The summed E-state index contributed by atoms with van der Waals surface area (Å²) in [5, 5.41) is 0. The highest BCUT2D eigenvalue weighted by atomic mass is 31.2. The lowest BCUT2D eigenvalue weighted by molar-refractivity contribution is -0.870. The molecule has 322 valence electrons. The van der Waals surface area contributed by atoms with Crippen molar-refractivity contribution in [2.45, 2.75) is 219 Å². The summed E-state index contributed by atoms with van der Waals surface area (Å²) in [6.45, 7) is 5.64. The van der Waals surface area contributed by atoms with E-state index in [2.05, 4.69) is 26.0 Å². The van der Waals surface area contributed by atoms with Crippen molar-refractivity contribution >= 4 is 13.8 Å². The van der Waals surface area contributed by atoms with Crippen LogP contribution in [0.25, 0.3) is 0 Å². The maximum absolute atomic E-state index is 12.7. The van der Waals surface area contributed by atoms with Gasteiger partial charge in [0.15, 0.2) is 0 Å². The van der Waals surface area contributed by atoms with Gasteiger partial charge in [0.05, 0.1) is 34.4 Å². The Morgan fingerprint density at radius 3 is 1.41 bits per heavy atom. The molecule has 0 aliphatic carbocycles. The third kappa shape index (κ3) is 42.4. The fourth-order valence-corrected chi connectivity index (χ4v) is 7.23. The first-order valence-corrected chi connectivity index (χ1v) is 24.4. The van der Waals surface area contributed by atoms with Gasteiger partial charge in [-0.2, -0.15) is 0 Å². The van der Waals surface area contributed by atoms with Crippen LogP contribution in [0.15, 0.2) is 12.2 Å². The molecule has 0 aliphatic rings. The number of unbranched alkanes of at least 4 members (excludes halogenated alkanes) is 27. The molecule has 1 N–H and O–H groups in total. The van der Waals surface area contributed by atoms with E-state index in [4.69, 9.17) is 18.5 Å². The quantitative estimate of drug-likeness (QED) is 0.0216. The molecule has 0 aromatic heterocycles. The van der Waals surface area contributed by atoms with Gasteiger partial charge >= 0.3 is 13.8 Å². The Balaban J connectivity index is 4.19. The number of nitrogens with zero attached hydrogens (tertiary/aromatic N) is 1. The highest BCUT2D eigenvalue weighted by Gasteiger charge is 2.26. The molecule has 0 aliphatic heterocycles. The van der Waals surface area contributed by atoms with E-state index in [-0.39, 0.29) is 25.8 Å². The number of quaternary nitrogens is 1. The molecule has 0 spiro atoms. The van der Waals surface area contributed by atoms with Crippen molar-refractivity contribution in [1.82, 2.24) is 0 Å². The second-order valence-electron chi connectivity index (χ2n) is 16.8. The summed E-state index contributed by atoms with van der Waals surface area (Å²) in [5.41, 5.74) is 0. The Labute approximate surface area is 335 Å². The summed E-state index contributed by atoms with van der Waals surface area (Å²) in [6.07, 6.45) is 42.4. The average molecular weight is 789 g/mol. The predicted octanol–water partition coefficient (Wildman–Crippen LogP) is 13.4. The molecule has 0 aromatic carbocycles. The van der Waals surface area contributed by atoms with E-state index in [9.17, 15) is 14.3 Å². The molecule has 0 saturated heterocycles. The number of hydrogen-bond acceptors (Lipinski definition) is 6. The second-order valence-corrected chi connectivity index (χ2v) is 18.2. The van der Waals surface area contributed by atoms with Gasteiger partial charge in [-0.1, -0.05) is 180 Å². The maximum atomic E-state index is 12.7. The van der Waals surface area contributed by atoms with Crippen LogP contribution >= 0.6 is 7.82 Å². The Hall–Kier alpha value is -0.760. The minimum atomic E-state index is -4.27. The average Bonchev–Trinajstić information content (AvgIpc) is 3.12. The molecule has 0 heterocycles. The van der Waals surface area contributed by atoms with Crippen molar-refractivity contribution in [3.05, 3.63) is 12.2 Å². The summed E-state index contributed by atoms with van der Waals surface area (Å²) < 4.78 is 35.0. The van der Waals surface area contributed by atoms with Gasteiger partial charge in [0.25, 0.3) is 0 Å². The van der Waals surface area contributed by atoms with Gasteiger partial charge in [-0.3, -0.25) is 13.8 Å². The van der Waals surface area contributed by atoms with Gasteiger partial charge in [0.2, 0.25) is 0 Å². The number of carbonyl (C=O) groups is 1. The number of rotatable bonds is 43. The van der Waals surface area contributed by atoms with Crippen molar-refractivity contribution in [2.24, 2.45) is 0 Å². The van der Waals surface area contributed by atoms with Crippen LogP contribution in [0.1, 0.15) is 213 Å². The number of ether oxygens (including phenoxy) is 2. The summed E-state index contributed by atoms with van der Waals surface area (Å²) in [5.74, 6) is -0.311. The van der Waals surface area contributed by atoms with Crippen LogP contribution in [-0.2, 0) is 27.9 Å². The zero-order valence-electron chi connectivity index (χ0n) is 36.5. The lowest BCUT2D eigenvalue weighted by Gasteiger charge is -2.24. The van der Waals surface area contributed by atoms with Gasteiger partial charge in [-0.25, -0.2) is 4.57 Å². The highest BCUT2D eigenvalue weighted by Crippen LogP contribution is 2.43. The zero-order valence-corrected chi connectivity index (χ0v) is 37.4. The Morgan fingerprint density at radius 2 is 0.963 bits per heavy atom. The number of likely N-dealkylation sites (N-methyl/N-ethyl adjacent to an activating group) is 1. The summed E-state index contributed by atoms with van der Waals surface area (Å²) >= 11 is 0.